The fourth-order valence-electron chi connectivity index (χ4n) is 6.28. The topological polar surface area (TPSA) is 167 Å². The van der Waals surface area contributed by atoms with Crippen molar-refractivity contribution in [1.29, 1.82) is 0 Å². The van der Waals surface area contributed by atoms with E-state index in [0.29, 0.717) is 11.1 Å². The number of hydrogen-bond donors (Lipinski definition) is 0. The second-order valence-corrected chi connectivity index (χ2v) is 11.1. The van der Waals surface area contributed by atoms with E-state index < -0.39 is 85.2 Å². The summed E-state index contributed by atoms with van der Waals surface area (Å²) >= 11 is 0. The van der Waals surface area contributed by atoms with E-state index in [9.17, 15) is 28.8 Å². The Morgan fingerprint density at radius 3 is 2.07 bits per heavy atom. The minimum absolute atomic E-state index is 0.221. The molecule has 0 bridgehead atoms. The second-order valence-electron chi connectivity index (χ2n) is 11.1. The molecule has 4 aliphatic rings. The summed E-state index contributed by atoms with van der Waals surface area (Å²) in [7, 11) is 0. The monoisotopic (exact) mass is 592 g/mol. The highest BCUT2D eigenvalue weighted by Gasteiger charge is 2.56. The first-order valence-corrected chi connectivity index (χ1v) is 13.8. The van der Waals surface area contributed by atoms with Gasteiger partial charge in [0.15, 0.2) is 30.4 Å². The number of carbonyl (C=O) groups is 6. The average Bonchev–Trinajstić information content (AvgIpc) is 3.28. The van der Waals surface area contributed by atoms with Crippen LogP contribution in [0.15, 0.2) is 22.8 Å². The third-order valence-electron chi connectivity index (χ3n) is 8.08. The number of ether oxygens (including phenoxy) is 7. The molecule has 2 aliphatic carbocycles. The van der Waals surface area contributed by atoms with Crippen LogP contribution in [0.25, 0.3) is 0 Å². The predicted octanol–water partition coefficient (Wildman–Crippen LogP) is 1.50. The maximum atomic E-state index is 13.1. The third kappa shape index (κ3) is 6.26. The summed E-state index contributed by atoms with van der Waals surface area (Å²) in [4.78, 5) is 73.8. The zero-order chi connectivity index (χ0) is 31.0. The van der Waals surface area contributed by atoms with Crippen LogP contribution in [-0.4, -0.2) is 85.2 Å². The van der Waals surface area contributed by atoms with Crippen LogP contribution in [-0.2, 0) is 61.9 Å². The lowest BCUT2D eigenvalue weighted by Crippen LogP contribution is -2.63. The van der Waals surface area contributed by atoms with Crippen LogP contribution in [0.1, 0.15) is 54.9 Å². The number of hydrogen-bond acceptors (Lipinski definition) is 13. The predicted molar refractivity (Wildman–Crippen MR) is 139 cm³/mol. The van der Waals surface area contributed by atoms with Gasteiger partial charge in [0.25, 0.3) is 0 Å². The molecule has 0 unspecified atom stereocenters. The Morgan fingerprint density at radius 2 is 1.48 bits per heavy atom. The fraction of sp³-hybridized carbons (Fsp3) is 0.655. The van der Waals surface area contributed by atoms with Gasteiger partial charge in [0.1, 0.15) is 18.8 Å². The van der Waals surface area contributed by atoms with Gasteiger partial charge in [0.05, 0.1) is 12.0 Å². The molecule has 0 amide bonds. The van der Waals surface area contributed by atoms with E-state index in [1.165, 1.54) is 13.0 Å². The number of rotatable bonds is 7. The van der Waals surface area contributed by atoms with Crippen molar-refractivity contribution in [2.45, 2.75) is 97.8 Å². The minimum atomic E-state index is -1.43. The molecule has 10 atom stereocenters. The Balaban J connectivity index is 1.76. The SMILES string of the molecule is CC(=O)OC[C@H]1O[C@@H](O[C@@H]2C[C@@H]3[C@H](OC(=O)[C@H]3C)[C@H]3C(C)=CC(=O)C3=C2C)[C@H](OC(C)=O)[C@@H](OC(C)=O)[C@@H]1OC(C)=O. The van der Waals surface area contributed by atoms with E-state index in [1.807, 2.05) is 6.92 Å². The van der Waals surface area contributed by atoms with Gasteiger partial charge in [-0.15, -0.1) is 0 Å². The molecule has 13 nitrogen and oxygen atoms in total. The van der Waals surface area contributed by atoms with Crippen molar-refractivity contribution in [2.75, 3.05) is 6.61 Å². The van der Waals surface area contributed by atoms with Gasteiger partial charge in [0, 0.05) is 45.1 Å². The Hall–Kier alpha value is -3.58. The highest BCUT2D eigenvalue weighted by molar-refractivity contribution is 6.09. The van der Waals surface area contributed by atoms with E-state index in [0.717, 1.165) is 26.3 Å². The van der Waals surface area contributed by atoms with E-state index in [1.54, 1.807) is 13.8 Å². The van der Waals surface area contributed by atoms with E-state index in [4.69, 9.17) is 33.2 Å². The highest BCUT2D eigenvalue weighted by atomic mass is 16.7. The largest absolute Gasteiger partial charge is 0.463 e. The molecule has 2 fully saturated rings. The number of ketones is 1. The van der Waals surface area contributed by atoms with E-state index in [-0.39, 0.29) is 24.1 Å². The van der Waals surface area contributed by atoms with Gasteiger partial charge in [-0.25, -0.2) is 0 Å². The smallest absolute Gasteiger partial charge is 0.309 e. The summed E-state index contributed by atoms with van der Waals surface area (Å²) in [5.74, 6) is -4.75. The summed E-state index contributed by atoms with van der Waals surface area (Å²) in [6, 6.07) is 0. The molecule has 0 N–H and O–H groups in total. The van der Waals surface area contributed by atoms with Crippen molar-refractivity contribution in [1.82, 2.24) is 0 Å². The normalized spacial score (nSPS) is 35.7. The Morgan fingerprint density at radius 1 is 0.881 bits per heavy atom. The number of fused-ring (bicyclic) bond motifs is 3. The third-order valence-corrected chi connectivity index (χ3v) is 8.08. The van der Waals surface area contributed by atoms with Crippen LogP contribution in [0, 0.1) is 17.8 Å². The van der Waals surface area contributed by atoms with Gasteiger partial charge in [-0.3, -0.25) is 28.8 Å². The molecular formula is C29H36O13. The molecule has 0 aromatic heterocycles. The average molecular weight is 593 g/mol. The fourth-order valence-corrected chi connectivity index (χ4v) is 6.28. The molecule has 2 aliphatic heterocycles. The quantitative estimate of drug-likeness (QED) is 0.308. The van der Waals surface area contributed by atoms with Crippen LogP contribution in [0.4, 0.5) is 0 Å². The highest BCUT2D eigenvalue weighted by Crippen LogP contribution is 2.49. The molecule has 13 heteroatoms. The van der Waals surface area contributed by atoms with Crippen LogP contribution in [0.5, 0.6) is 0 Å². The first-order chi connectivity index (χ1) is 19.7. The summed E-state index contributed by atoms with van der Waals surface area (Å²) in [5, 5.41) is 0. The molecule has 0 spiro atoms. The molecule has 4 rings (SSSR count). The first kappa shape index (κ1) is 31.4. The van der Waals surface area contributed by atoms with Crippen LogP contribution >= 0.6 is 0 Å². The van der Waals surface area contributed by atoms with Gasteiger partial charge in [-0.2, -0.15) is 0 Å². The minimum Gasteiger partial charge on any atom is -0.463 e. The van der Waals surface area contributed by atoms with Crippen molar-refractivity contribution in [3.8, 4) is 0 Å². The van der Waals surface area contributed by atoms with Gasteiger partial charge in [0.2, 0.25) is 0 Å². The number of esters is 5. The van der Waals surface area contributed by atoms with Crippen molar-refractivity contribution >= 4 is 35.6 Å². The van der Waals surface area contributed by atoms with Gasteiger partial charge < -0.3 is 33.2 Å². The lowest BCUT2D eigenvalue weighted by molar-refractivity contribution is -0.315. The maximum Gasteiger partial charge on any atom is 0.309 e. The molecule has 2 heterocycles. The van der Waals surface area contributed by atoms with Gasteiger partial charge in [-0.05, 0) is 31.9 Å². The van der Waals surface area contributed by atoms with Crippen LogP contribution < -0.4 is 0 Å². The van der Waals surface area contributed by atoms with Crippen molar-refractivity contribution in [3.63, 3.8) is 0 Å². The Bertz CT molecular complexity index is 1230. The van der Waals surface area contributed by atoms with Crippen molar-refractivity contribution < 1.29 is 61.9 Å². The first-order valence-electron chi connectivity index (χ1n) is 13.8. The zero-order valence-corrected chi connectivity index (χ0v) is 24.6. The molecule has 0 saturated carbocycles. The Kier molecular flexibility index (Phi) is 9.21. The molecule has 0 radical (unpaired) electrons. The van der Waals surface area contributed by atoms with E-state index >= 15 is 0 Å². The number of carbonyl (C=O) groups excluding carboxylic acids is 6. The van der Waals surface area contributed by atoms with Crippen LogP contribution in [0.3, 0.4) is 0 Å². The van der Waals surface area contributed by atoms with Crippen LogP contribution in [0.2, 0.25) is 0 Å². The molecule has 230 valence electrons. The molecule has 0 aromatic carbocycles. The lowest BCUT2D eigenvalue weighted by atomic mass is 9.81. The second kappa shape index (κ2) is 12.3. The summed E-state index contributed by atoms with van der Waals surface area (Å²) < 4.78 is 39.9. The summed E-state index contributed by atoms with van der Waals surface area (Å²) in [6.45, 7) is 9.49. The molecule has 2 saturated heterocycles. The van der Waals surface area contributed by atoms with Gasteiger partial charge >= 0.3 is 29.8 Å². The Labute approximate surface area is 242 Å². The zero-order valence-electron chi connectivity index (χ0n) is 24.6. The maximum absolute atomic E-state index is 13.1. The molecule has 42 heavy (non-hydrogen) atoms. The number of allylic oxidation sites excluding steroid dienone is 1. The standard InChI is InChI=1S/C29H36O13/c1-11-8-19(34)23-13(3)20(9-18-12(2)28(35)42-24(18)22(11)23)40-29-27(39-17(7)33)26(38-16(6)32)25(37-15(5)31)21(41-29)10-36-14(4)30/h8,12,18,20-22,24-27,29H,9-10H2,1-7H3/t12-,18-,20+,21+,22-,24-,25+,26-,27+,29+/m0/s1. The van der Waals surface area contributed by atoms with Gasteiger partial charge in [-0.1, -0.05) is 12.5 Å². The van der Waals surface area contributed by atoms with Crippen molar-refractivity contribution in [3.05, 3.63) is 22.8 Å². The lowest BCUT2D eigenvalue weighted by Gasteiger charge is -2.45. The summed E-state index contributed by atoms with van der Waals surface area (Å²) in [6.07, 6.45) is -6.38. The van der Waals surface area contributed by atoms with E-state index in [2.05, 4.69) is 0 Å². The summed E-state index contributed by atoms with van der Waals surface area (Å²) in [5.41, 5.74) is 1.82. The van der Waals surface area contributed by atoms with Crippen molar-refractivity contribution in [2.24, 2.45) is 17.8 Å². The molecular weight excluding hydrogens is 556 g/mol. The molecule has 0 aromatic rings.